The van der Waals surface area contributed by atoms with Gasteiger partial charge in [-0.2, -0.15) is 0 Å². The largest absolute Gasteiger partial charge is 0.342 e. The topological polar surface area (TPSA) is 40.6 Å². The van der Waals surface area contributed by atoms with Gasteiger partial charge in [-0.05, 0) is 31.7 Å². The van der Waals surface area contributed by atoms with E-state index in [4.69, 9.17) is 0 Å². The van der Waals surface area contributed by atoms with Gasteiger partial charge in [0.25, 0.3) is 0 Å². The van der Waals surface area contributed by atoms with E-state index in [1.54, 1.807) is 4.90 Å². The number of amides is 2. The molecule has 0 N–H and O–H groups in total. The molecule has 0 unspecified atom stereocenters. The number of hydrogen-bond acceptors (Lipinski definition) is 2. The van der Waals surface area contributed by atoms with Crippen molar-refractivity contribution in [2.24, 2.45) is 0 Å². The molecule has 0 aromatic heterocycles. The molecule has 0 radical (unpaired) electrons. The molecule has 114 valence electrons. The second kappa shape index (κ2) is 7.81. The van der Waals surface area contributed by atoms with Crippen LogP contribution in [-0.4, -0.2) is 41.2 Å². The number of nitrogens with zero attached hydrogens (tertiary/aromatic N) is 2. The van der Waals surface area contributed by atoms with Gasteiger partial charge in [0.2, 0.25) is 11.8 Å². The quantitative estimate of drug-likeness (QED) is 0.781. The summed E-state index contributed by atoms with van der Waals surface area (Å²) in [5.74, 6) is -0.0943. The molecule has 0 saturated carbocycles. The monoisotopic (exact) mass is 288 g/mol. The summed E-state index contributed by atoms with van der Waals surface area (Å²) in [6.07, 6.45) is 3.30. The number of rotatable bonds is 5. The summed E-state index contributed by atoms with van der Waals surface area (Å²) >= 11 is 0. The summed E-state index contributed by atoms with van der Waals surface area (Å²) in [7, 11) is 0. The molecule has 21 heavy (non-hydrogen) atoms. The predicted molar refractivity (Wildman–Crippen MR) is 82.6 cm³/mol. The number of hydrogen-bond donors (Lipinski definition) is 0. The first-order valence-electron chi connectivity index (χ1n) is 7.80. The average Bonchev–Trinajstić information content (AvgIpc) is 2.54. The Morgan fingerprint density at radius 1 is 1.10 bits per heavy atom. The van der Waals surface area contributed by atoms with E-state index in [1.165, 1.54) is 6.42 Å². The van der Waals surface area contributed by atoms with Gasteiger partial charge in [-0.25, -0.2) is 0 Å². The Balaban J connectivity index is 1.89. The Bertz CT molecular complexity index is 467. The van der Waals surface area contributed by atoms with Crippen LogP contribution in [0.3, 0.4) is 0 Å². The van der Waals surface area contributed by atoms with E-state index in [0.29, 0.717) is 13.1 Å². The van der Waals surface area contributed by atoms with Crippen LogP contribution in [0.25, 0.3) is 0 Å². The van der Waals surface area contributed by atoms with Gasteiger partial charge in [0.1, 0.15) is 6.42 Å². The van der Waals surface area contributed by atoms with Crippen LogP contribution < -0.4 is 0 Å². The summed E-state index contributed by atoms with van der Waals surface area (Å²) in [6, 6.07) is 9.89. The van der Waals surface area contributed by atoms with Gasteiger partial charge in [0.15, 0.2) is 0 Å². The molecule has 2 rings (SSSR count). The molecule has 4 heteroatoms. The fourth-order valence-electron chi connectivity index (χ4n) is 2.68. The second-order valence-corrected chi connectivity index (χ2v) is 5.51. The number of carbonyl (C=O) groups is 2. The Kier molecular flexibility index (Phi) is 5.78. The summed E-state index contributed by atoms with van der Waals surface area (Å²) in [6.45, 7) is 4.75. The minimum absolute atomic E-state index is 0.000668. The Hall–Kier alpha value is -1.84. The highest BCUT2D eigenvalue weighted by atomic mass is 16.2. The molecular weight excluding hydrogens is 264 g/mol. The molecule has 1 heterocycles. The van der Waals surface area contributed by atoms with Crippen LogP contribution in [-0.2, 0) is 16.1 Å². The van der Waals surface area contributed by atoms with Crippen molar-refractivity contribution < 1.29 is 9.59 Å². The van der Waals surface area contributed by atoms with Crippen LogP contribution >= 0.6 is 0 Å². The lowest BCUT2D eigenvalue weighted by atomic mass is 10.1. The minimum Gasteiger partial charge on any atom is -0.342 e. The standard InChI is InChI=1S/C17H24N2O2/c1-2-18(14-15-9-5-3-6-10-15)16(20)13-17(21)19-11-7-4-8-12-19/h3,5-6,9-10H,2,4,7-8,11-14H2,1H3. The first-order valence-corrected chi connectivity index (χ1v) is 7.80. The number of benzene rings is 1. The SMILES string of the molecule is CCN(Cc1ccccc1)C(=O)CC(=O)N1CCCCC1. The van der Waals surface area contributed by atoms with Crippen molar-refractivity contribution in [2.45, 2.75) is 39.2 Å². The van der Waals surface area contributed by atoms with Gasteiger partial charge in [0.05, 0.1) is 0 Å². The molecule has 0 bridgehead atoms. The van der Waals surface area contributed by atoms with Crippen LogP contribution in [0.5, 0.6) is 0 Å². The lowest BCUT2D eigenvalue weighted by Crippen LogP contribution is -2.40. The van der Waals surface area contributed by atoms with Gasteiger partial charge < -0.3 is 9.80 Å². The minimum atomic E-state index is -0.0723. The van der Waals surface area contributed by atoms with Crippen LogP contribution in [0.4, 0.5) is 0 Å². The highest BCUT2D eigenvalue weighted by molar-refractivity contribution is 5.96. The van der Waals surface area contributed by atoms with Crippen LogP contribution in [0, 0.1) is 0 Å². The molecule has 0 aliphatic carbocycles. The summed E-state index contributed by atoms with van der Waals surface area (Å²) in [5, 5.41) is 0. The molecule has 1 aliphatic rings. The fraction of sp³-hybridized carbons (Fsp3) is 0.529. The third-order valence-electron chi connectivity index (χ3n) is 3.96. The molecule has 1 fully saturated rings. The third-order valence-corrected chi connectivity index (χ3v) is 3.96. The van der Waals surface area contributed by atoms with Crippen LogP contribution in [0.15, 0.2) is 30.3 Å². The molecule has 4 nitrogen and oxygen atoms in total. The van der Waals surface area contributed by atoms with E-state index >= 15 is 0 Å². The maximum Gasteiger partial charge on any atom is 0.232 e. The number of likely N-dealkylation sites (tertiary alicyclic amines) is 1. The molecular formula is C17H24N2O2. The van der Waals surface area contributed by atoms with E-state index in [1.807, 2.05) is 42.2 Å². The molecule has 1 aromatic carbocycles. The summed E-state index contributed by atoms with van der Waals surface area (Å²) < 4.78 is 0. The van der Waals surface area contributed by atoms with Crippen molar-refractivity contribution in [1.82, 2.24) is 9.80 Å². The van der Waals surface area contributed by atoms with Crippen LogP contribution in [0.2, 0.25) is 0 Å². The second-order valence-electron chi connectivity index (χ2n) is 5.51. The zero-order valence-corrected chi connectivity index (χ0v) is 12.8. The summed E-state index contributed by atoms with van der Waals surface area (Å²) in [4.78, 5) is 28.0. The van der Waals surface area contributed by atoms with Crippen molar-refractivity contribution >= 4 is 11.8 Å². The first kappa shape index (κ1) is 15.5. The zero-order valence-electron chi connectivity index (χ0n) is 12.8. The highest BCUT2D eigenvalue weighted by Crippen LogP contribution is 2.11. The third kappa shape index (κ3) is 4.59. The van der Waals surface area contributed by atoms with E-state index in [0.717, 1.165) is 31.5 Å². The van der Waals surface area contributed by atoms with Crippen molar-refractivity contribution in [1.29, 1.82) is 0 Å². The first-order chi connectivity index (χ1) is 10.2. The maximum atomic E-state index is 12.3. The van der Waals surface area contributed by atoms with E-state index in [9.17, 15) is 9.59 Å². The predicted octanol–water partition coefficient (Wildman–Crippen LogP) is 2.44. The van der Waals surface area contributed by atoms with Gasteiger partial charge in [-0.1, -0.05) is 30.3 Å². The Morgan fingerprint density at radius 3 is 2.38 bits per heavy atom. The van der Waals surface area contributed by atoms with E-state index in [2.05, 4.69) is 0 Å². The number of piperidine rings is 1. The lowest BCUT2D eigenvalue weighted by Gasteiger charge is -2.28. The normalized spacial score (nSPS) is 14.8. The van der Waals surface area contributed by atoms with Gasteiger partial charge >= 0.3 is 0 Å². The average molecular weight is 288 g/mol. The maximum absolute atomic E-state index is 12.3. The Morgan fingerprint density at radius 2 is 1.76 bits per heavy atom. The van der Waals surface area contributed by atoms with Crippen molar-refractivity contribution in [3.63, 3.8) is 0 Å². The Labute approximate surface area is 126 Å². The van der Waals surface area contributed by atoms with Crippen molar-refractivity contribution in [3.05, 3.63) is 35.9 Å². The molecule has 2 amide bonds. The summed E-state index contributed by atoms with van der Waals surface area (Å²) in [5.41, 5.74) is 1.10. The van der Waals surface area contributed by atoms with Gasteiger partial charge in [-0.15, -0.1) is 0 Å². The van der Waals surface area contributed by atoms with Gasteiger partial charge in [-0.3, -0.25) is 9.59 Å². The van der Waals surface area contributed by atoms with Crippen molar-refractivity contribution in [2.75, 3.05) is 19.6 Å². The molecule has 0 spiro atoms. The van der Waals surface area contributed by atoms with Crippen LogP contribution in [0.1, 0.15) is 38.2 Å². The van der Waals surface area contributed by atoms with E-state index < -0.39 is 0 Å². The molecule has 1 saturated heterocycles. The molecule has 0 atom stereocenters. The highest BCUT2D eigenvalue weighted by Gasteiger charge is 2.22. The molecule has 1 aromatic rings. The number of carbonyl (C=O) groups excluding carboxylic acids is 2. The lowest BCUT2D eigenvalue weighted by molar-refractivity contribution is -0.141. The van der Waals surface area contributed by atoms with E-state index in [-0.39, 0.29) is 18.2 Å². The van der Waals surface area contributed by atoms with Gasteiger partial charge in [0, 0.05) is 26.2 Å². The van der Waals surface area contributed by atoms with Crippen molar-refractivity contribution in [3.8, 4) is 0 Å². The molecule has 1 aliphatic heterocycles. The zero-order chi connectivity index (χ0) is 15.1. The fourth-order valence-corrected chi connectivity index (χ4v) is 2.68. The smallest absolute Gasteiger partial charge is 0.232 e.